The molecule has 1 atom stereocenters. The molecule has 116 valence electrons. The minimum atomic E-state index is -4.04. The number of amides is 1. The van der Waals surface area contributed by atoms with Gasteiger partial charge in [-0.25, -0.2) is 8.42 Å². The monoisotopic (exact) mass is 314 g/mol. The summed E-state index contributed by atoms with van der Waals surface area (Å²) < 4.78 is 26.5. The maximum atomic E-state index is 12.2. The molecule has 0 saturated heterocycles. The first-order valence-corrected chi connectivity index (χ1v) is 7.83. The molecule has 0 aliphatic rings. The summed E-state index contributed by atoms with van der Waals surface area (Å²) in [4.78, 5) is 22.1. The Morgan fingerprint density at radius 2 is 2.00 bits per heavy atom. The van der Waals surface area contributed by atoms with Gasteiger partial charge in [-0.05, 0) is 31.0 Å². The molecule has 0 bridgehead atoms. The van der Waals surface area contributed by atoms with Crippen LogP contribution in [0.5, 0.6) is 0 Å². The first-order chi connectivity index (χ1) is 9.69. The third-order valence-corrected chi connectivity index (χ3v) is 4.43. The fraction of sp³-hybridized carbons (Fsp3) is 0.385. The summed E-state index contributed by atoms with van der Waals surface area (Å²) >= 11 is 0. The van der Waals surface area contributed by atoms with Crippen LogP contribution < -0.4 is 10.5 Å². The second-order valence-electron chi connectivity index (χ2n) is 4.64. The average molecular weight is 314 g/mol. The fourth-order valence-corrected chi connectivity index (χ4v) is 3.06. The molecule has 0 aliphatic heterocycles. The van der Waals surface area contributed by atoms with E-state index in [4.69, 9.17) is 10.8 Å². The van der Waals surface area contributed by atoms with Crippen LogP contribution in [0.25, 0.3) is 0 Å². The number of carbonyl (C=O) groups is 2. The minimum Gasteiger partial charge on any atom is -0.480 e. The number of sulfonamides is 1. The summed E-state index contributed by atoms with van der Waals surface area (Å²) in [6.45, 7) is 3.38. The highest BCUT2D eigenvalue weighted by Gasteiger charge is 2.25. The quantitative estimate of drug-likeness (QED) is 0.680. The Morgan fingerprint density at radius 1 is 1.38 bits per heavy atom. The molecule has 1 aromatic rings. The lowest BCUT2D eigenvalue weighted by molar-refractivity contribution is -0.139. The smallest absolute Gasteiger partial charge is 0.321 e. The molecule has 0 heterocycles. The molecule has 0 spiro atoms. The highest BCUT2D eigenvalue weighted by atomic mass is 32.2. The Hall–Kier alpha value is -1.93. The average Bonchev–Trinajstić information content (AvgIpc) is 2.37. The van der Waals surface area contributed by atoms with Crippen molar-refractivity contribution in [3.05, 3.63) is 29.3 Å². The molecule has 0 fully saturated rings. The summed E-state index contributed by atoms with van der Waals surface area (Å²) in [5.41, 5.74) is 5.81. The van der Waals surface area contributed by atoms with Gasteiger partial charge < -0.3 is 10.8 Å². The van der Waals surface area contributed by atoms with Crippen molar-refractivity contribution in [2.75, 3.05) is 0 Å². The number of carbonyl (C=O) groups excluding carboxylic acids is 1. The van der Waals surface area contributed by atoms with Crippen molar-refractivity contribution in [2.24, 2.45) is 5.73 Å². The molecular weight excluding hydrogens is 296 g/mol. The zero-order valence-electron chi connectivity index (χ0n) is 11.8. The maximum absolute atomic E-state index is 12.2. The Morgan fingerprint density at radius 3 is 2.48 bits per heavy atom. The zero-order valence-corrected chi connectivity index (χ0v) is 12.6. The lowest BCUT2D eigenvalue weighted by atomic mass is 10.1. The van der Waals surface area contributed by atoms with Crippen LogP contribution in [0.15, 0.2) is 23.1 Å². The largest absolute Gasteiger partial charge is 0.480 e. The number of nitrogens with two attached hydrogens (primary N) is 1. The van der Waals surface area contributed by atoms with Crippen LogP contribution in [0.3, 0.4) is 0 Å². The summed E-state index contributed by atoms with van der Waals surface area (Å²) in [5.74, 6) is -1.99. The van der Waals surface area contributed by atoms with Crippen LogP contribution in [0, 0.1) is 6.92 Å². The second kappa shape index (κ2) is 6.68. The maximum Gasteiger partial charge on any atom is 0.321 e. The third kappa shape index (κ3) is 4.27. The van der Waals surface area contributed by atoms with Crippen molar-refractivity contribution in [2.45, 2.75) is 37.6 Å². The van der Waals surface area contributed by atoms with Gasteiger partial charge in [-0.15, -0.1) is 0 Å². The van der Waals surface area contributed by atoms with Crippen molar-refractivity contribution in [3.63, 3.8) is 0 Å². The van der Waals surface area contributed by atoms with Gasteiger partial charge >= 0.3 is 5.97 Å². The number of rotatable bonds is 7. The van der Waals surface area contributed by atoms with Gasteiger partial charge in [-0.3, -0.25) is 9.59 Å². The normalized spacial score (nSPS) is 12.9. The summed E-state index contributed by atoms with van der Waals surface area (Å²) in [5, 5.41) is 9.00. The molecule has 1 rings (SSSR count). The SMILES string of the molecule is CCCC(NS(=O)(=O)c1ccc(C)c(C(N)=O)c1)C(=O)O. The number of aliphatic carboxylic acids is 1. The Bertz CT molecular complexity index is 655. The first-order valence-electron chi connectivity index (χ1n) is 6.34. The lowest BCUT2D eigenvalue weighted by Crippen LogP contribution is -2.40. The number of hydrogen-bond donors (Lipinski definition) is 3. The van der Waals surface area contributed by atoms with Crippen LogP contribution in [-0.2, 0) is 14.8 Å². The summed E-state index contributed by atoms with van der Waals surface area (Å²) in [6.07, 6.45) is 0.684. The number of nitrogens with one attached hydrogen (secondary N) is 1. The third-order valence-electron chi connectivity index (χ3n) is 2.96. The highest BCUT2D eigenvalue weighted by molar-refractivity contribution is 7.89. The Kier molecular flexibility index (Phi) is 5.45. The van der Waals surface area contributed by atoms with E-state index >= 15 is 0 Å². The lowest BCUT2D eigenvalue weighted by Gasteiger charge is -2.14. The summed E-state index contributed by atoms with van der Waals surface area (Å²) in [7, 11) is -4.04. The van der Waals surface area contributed by atoms with Crippen LogP contribution in [-0.4, -0.2) is 31.4 Å². The van der Waals surface area contributed by atoms with E-state index in [9.17, 15) is 18.0 Å². The van der Waals surface area contributed by atoms with E-state index in [2.05, 4.69) is 4.72 Å². The molecule has 1 unspecified atom stereocenters. The van der Waals surface area contributed by atoms with E-state index in [0.717, 1.165) is 6.07 Å². The van der Waals surface area contributed by atoms with Crippen molar-refractivity contribution >= 4 is 21.9 Å². The molecule has 0 aromatic heterocycles. The van der Waals surface area contributed by atoms with Gasteiger partial charge in [0, 0.05) is 5.56 Å². The Labute approximate surface area is 123 Å². The molecule has 0 aliphatic carbocycles. The molecule has 1 aromatic carbocycles. The van der Waals surface area contributed by atoms with Crippen LogP contribution in [0.1, 0.15) is 35.7 Å². The van der Waals surface area contributed by atoms with E-state index < -0.39 is 27.9 Å². The number of aryl methyl sites for hydroxylation is 1. The number of hydrogen-bond acceptors (Lipinski definition) is 4. The molecule has 0 saturated carbocycles. The van der Waals surface area contributed by atoms with Gasteiger partial charge in [0.2, 0.25) is 15.9 Å². The molecule has 1 amide bonds. The molecule has 7 nitrogen and oxygen atoms in total. The Balaban J connectivity index is 3.16. The van der Waals surface area contributed by atoms with Crippen molar-refractivity contribution in [3.8, 4) is 0 Å². The van der Waals surface area contributed by atoms with Crippen LogP contribution in [0.4, 0.5) is 0 Å². The van der Waals surface area contributed by atoms with Gasteiger partial charge in [-0.1, -0.05) is 19.4 Å². The van der Waals surface area contributed by atoms with E-state index in [1.807, 2.05) is 0 Å². The van der Waals surface area contributed by atoms with E-state index in [1.165, 1.54) is 12.1 Å². The standard InChI is InChI=1S/C13H18N2O5S/c1-3-4-11(13(17)18)15-21(19,20)9-6-5-8(2)10(7-9)12(14)16/h5-7,11,15H,3-4H2,1-2H3,(H2,14,16)(H,17,18). The van der Waals surface area contributed by atoms with Crippen molar-refractivity contribution < 1.29 is 23.1 Å². The van der Waals surface area contributed by atoms with E-state index in [0.29, 0.717) is 12.0 Å². The predicted molar refractivity (Wildman–Crippen MR) is 76.4 cm³/mol. The topological polar surface area (TPSA) is 127 Å². The van der Waals surface area contributed by atoms with Crippen LogP contribution in [0.2, 0.25) is 0 Å². The summed E-state index contributed by atoms with van der Waals surface area (Å²) in [6, 6.07) is 2.68. The van der Waals surface area contributed by atoms with E-state index in [1.54, 1.807) is 13.8 Å². The predicted octanol–water partition coefficient (Wildman–Crippen LogP) is 0.626. The van der Waals surface area contributed by atoms with Crippen molar-refractivity contribution in [1.29, 1.82) is 0 Å². The number of carboxylic acids is 1. The minimum absolute atomic E-state index is 0.0836. The van der Waals surface area contributed by atoms with Gasteiger partial charge in [0.15, 0.2) is 0 Å². The molecule has 4 N–H and O–H groups in total. The van der Waals surface area contributed by atoms with E-state index in [-0.39, 0.29) is 16.9 Å². The molecule has 21 heavy (non-hydrogen) atoms. The second-order valence-corrected chi connectivity index (χ2v) is 6.36. The first kappa shape index (κ1) is 17.1. The van der Waals surface area contributed by atoms with Crippen LogP contribution >= 0.6 is 0 Å². The number of carboxylic acid groups (broad SMARTS) is 1. The van der Waals surface area contributed by atoms with Gasteiger partial charge in [0.1, 0.15) is 6.04 Å². The van der Waals surface area contributed by atoms with Gasteiger partial charge in [0.25, 0.3) is 0 Å². The fourth-order valence-electron chi connectivity index (χ4n) is 1.81. The zero-order chi connectivity index (χ0) is 16.2. The highest BCUT2D eigenvalue weighted by Crippen LogP contribution is 2.16. The molecule has 8 heteroatoms. The molecular formula is C13H18N2O5S. The number of primary amides is 1. The number of benzene rings is 1. The molecule has 0 radical (unpaired) electrons. The van der Waals surface area contributed by atoms with Gasteiger partial charge in [0.05, 0.1) is 4.90 Å². The van der Waals surface area contributed by atoms with Crippen molar-refractivity contribution in [1.82, 2.24) is 4.72 Å². The van der Waals surface area contributed by atoms with Gasteiger partial charge in [-0.2, -0.15) is 4.72 Å².